The Kier molecular flexibility index (Phi) is 5.03. The van der Waals surface area contributed by atoms with Crippen molar-refractivity contribution in [3.05, 3.63) is 30.1 Å². The SMILES string of the molecule is CSCC[C@H](O)C(=O)N(C)Cc1nc2ccccc2[nH]1. The van der Waals surface area contributed by atoms with Gasteiger partial charge in [-0.2, -0.15) is 11.8 Å². The highest BCUT2D eigenvalue weighted by atomic mass is 32.2. The Hall–Kier alpha value is -1.53. The van der Waals surface area contributed by atoms with Crippen molar-refractivity contribution < 1.29 is 9.90 Å². The van der Waals surface area contributed by atoms with Crippen molar-refractivity contribution in [2.75, 3.05) is 19.1 Å². The van der Waals surface area contributed by atoms with E-state index < -0.39 is 6.10 Å². The van der Waals surface area contributed by atoms with E-state index in [4.69, 9.17) is 0 Å². The summed E-state index contributed by atoms with van der Waals surface area (Å²) in [6, 6.07) is 7.73. The van der Waals surface area contributed by atoms with Crippen LogP contribution in [0, 0.1) is 0 Å². The third-order valence-electron chi connectivity index (χ3n) is 3.08. The Morgan fingerprint density at radius 3 is 2.95 bits per heavy atom. The number of nitrogens with zero attached hydrogens (tertiary/aromatic N) is 2. The molecule has 2 aromatic rings. The van der Waals surface area contributed by atoms with Crippen molar-refractivity contribution in [3.8, 4) is 0 Å². The largest absolute Gasteiger partial charge is 0.383 e. The number of para-hydroxylation sites is 2. The van der Waals surface area contributed by atoms with Gasteiger partial charge in [0, 0.05) is 7.05 Å². The van der Waals surface area contributed by atoms with Gasteiger partial charge in [-0.15, -0.1) is 0 Å². The quantitative estimate of drug-likeness (QED) is 0.849. The van der Waals surface area contributed by atoms with E-state index in [0.29, 0.717) is 13.0 Å². The lowest BCUT2D eigenvalue weighted by Crippen LogP contribution is -2.36. The summed E-state index contributed by atoms with van der Waals surface area (Å²) in [7, 11) is 1.68. The lowest BCUT2D eigenvalue weighted by Gasteiger charge is -2.19. The van der Waals surface area contributed by atoms with Crippen LogP contribution in [-0.2, 0) is 11.3 Å². The van der Waals surface area contributed by atoms with Crippen molar-refractivity contribution >= 4 is 28.7 Å². The van der Waals surface area contributed by atoms with E-state index in [0.717, 1.165) is 22.6 Å². The van der Waals surface area contributed by atoms with Crippen molar-refractivity contribution in [1.29, 1.82) is 0 Å². The van der Waals surface area contributed by atoms with Gasteiger partial charge >= 0.3 is 0 Å². The number of thioether (sulfide) groups is 1. The average Bonchev–Trinajstić information content (AvgIpc) is 2.85. The summed E-state index contributed by atoms with van der Waals surface area (Å²) in [4.78, 5) is 21.1. The zero-order valence-corrected chi connectivity index (χ0v) is 12.5. The Balaban J connectivity index is 1.99. The average molecular weight is 293 g/mol. The normalized spacial score (nSPS) is 12.6. The number of benzene rings is 1. The van der Waals surface area contributed by atoms with Crippen molar-refractivity contribution in [2.45, 2.75) is 19.1 Å². The van der Waals surface area contributed by atoms with E-state index >= 15 is 0 Å². The highest BCUT2D eigenvalue weighted by Gasteiger charge is 2.19. The fraction of sp³-hybridized carbons (Fsp3) is 0.429. The predicted molar refractivity (Wildman–Crippen MR) is 81.6 cm³/mol. The van der Waals surface area contributed by atoms with Crippen LogP contribution >= 0.6 is 11.8 Å². The number of likely N-dealkylation sites (N-methyl/N-ethyl adjacent to an activating group) is 1. The minimum atomic E-state index is -0.933. The van der Waals surface area contributed by atoms with Crippen LogP contribution in [0.2, 0.25) is 0 Å². The van der Waals surface area contributed by atoms with Crippen molar-refractivity contribution in [2.24, 2.45) is 0 Å². The molecule has 0 fully saturated rings. The monoisotopic (exact) mass is 293 g/mol. The molecule has 2 rings (SSSR count). The molecule has 0 aliphatic heterocycles. The molecule has 1 amide bonds. The van der Waals surface area contributed by atoms with Crippen LogP contribution in [0.3, 0.4) is 0 Å². The summed E-state index contributed by atoms with van der Waals surface area (Å²) in [5.41, 5.74) is 1.83. The molecule has 1 heterocycles. The molecule has 0 aliphatic rings. The number of rotatable bonds is 6. The van der Waals surface area contributed by atoms with Gasteiger partial charge in [0.1, 0.15) is 11.9 Å². The highest BCUT2D eigenvalue weighted by Crippen LogP contribution is 2.12. The van der Waals surface area contributed by atoms with Gasteiger partial charge in [-0.25, -0.2) is 4.98 Å². The molecule has 2 N–H and O–H groups in total. The summed E-state index contributed by atoms with van der Waals surface area (Å²) in [5.74, 6) is 1.23. The number of carbonyl (C=O) groups is 1. The van der Waals surface area contributed by atoms with Crippen LogP contribution < -0.4 is 0 Å². The van der Waals surface area contributed by atoms with Gasteiger partial charge < -0.3 is 15.0 Å². The second kappa shape index (κ2) is 6.76. The molecule has 20 heavy (non-hydrogen) atoms. The first-order chi connectivity index (χ1) is 9.61. The predicted octanol–water partition coefficient (Wildman–Crippen LogP) is 1.64. The van der Waals surface area contributed by atoms with Gasteiger partial charge in [0.05, 0.1) is 17.6 Å². The first-order valence-corrected chi connectivity index (χ1v) is 7.87. The number of aliphatic hydroxyl groups is 1. The molecule has 0 bridgehead atoms. The van der Waals surface area contributed by atoms with Crippen LogP contribution in [-0.4, -0.2) is 51.0 Å². The molecular formula is C14H19N3O2S. The zero-order valence-electron chi connectivity index (χ0n) is 11.7. The topological polar surface area (TPSA) is 69.2 Å². The van der Waals surface area contributed by atoms with E-state index in [9.17, 15) is 9.90 Å². The fourth-order valence-corrected chi connectivity index (χ4v) is 2.45. The van der Waals surface area contributed by atoms with E-state index in [1.54, 1.807) is 18.8 Å². The Morgan fingerprint density at radius 2 is 2.25 bits per heavy atom. The molecule has 0 radical (unpaired) electrons. The minimum Gasteiger partial charge on any atom is -0.383 e. The lowest BCUT2D eigenvalue weighted by molar-refractivity contribution is -0.139. The fourth-order valence-electron chi connectivity index (χ4n) is 1.99. The number of amides is 1. The van der Waals surface area contributed by atoms with Crippen LogP contribution in [0.4, 0.5) is 0 Å². The summed E-state index contributed by atoms with van der Waals surface area (Å²) in [5, 5.41) is 9.80. The van der Waals surface area contributed by atoms with Crippen LogP contribution in [0.1, 0.15) is 12.2 Å². The highest BCUT2D eigenvalue weighted by molar-refractivity contribution is 7.98. The van der Waals surface area contributed by atoms with E-state index in [-0.39, 0.29) is 5.91 Å². The van der Waals surface area contributed by atoms with E-state index in [2.05, 4.69) is 9.97 Å². The number of carbonyl (C=O) groups excluding carboxylic acids is 1. The number of aromatic nitrogens is 2. The number of imidazole rings is 1. The first kappa shape index (κ1) is 14.9. The molecule has 5 nitrogen and oxygen atoms in total. The van der Waals surface area contributed by atoms with Crippen LogP contribution in [0.25, 0.3) is 11.0 Å². The summed E-state index contributed by atoms with van der Waals surface area (Å²) in [6.45, 7) is 0.365. The summed E-state index contributed by atoms with van der Waals surface area (Å²) < 4.78 is 0. The van der Waals surface area contributed by atoms with E-state index in [1.165, 1.54) is 4.90 Å². The second-order valence-electron chi connectivity index (χ2n) is 4.69. The standard InChI is InChI=1S/C14H19N3O2S/c1-17(14(19)12(18)7-8-20-2)9-13-15-10-5-3-4-6-11(10)16-13/h3-6,12,18H,7-9H2,1-2H3,(H,15,16)/t12-/m0/s1. The number of nitrogens with one attached hydrogen (secondary N) is 1. The Bertz CT molecular complexity index is 552. The van der Waals surface area contributed by atoms with Crippen LogP contribution in [0.15, 0.2) is 24.3 Å². The second-order valence-corrected chi connectivity index (χ2v) is 5.68. The molecule has 0 saturated carbocycles. The zero-order chi connectivity index (χ0) is 14.5. The van der Waals surface area contributed by atoms with Crippen molar-refractivity contribution in [1.82, 2.24) is 14.9 Å². The van der Waals surface area contributed by atoms with Gasteiger partial charge in [-0.1, -0.05) is 12.1 Å². The van der Waals surface area contributed by atoms with Crippen molar-refractivity contribution in [3.63, 3.8) is 0 Å². The summed E-state index contributed by atoms with van der Waals surface area (Å²) in [6.07, 6.45) is 1.50. The van der Waals surface area contributed by atoms with Gasteiger partial charge in [0.25, 0.3) is 5.91 Å². The first-order valence-electron chi connectivity index (χ1n) is 6.47. The molecule has 1 aromatic carbocycles. The van der Waals surface area contributed by atoms with Gasteiger partial charge in [0.15, 0.2) is 0 Å². The maximum Gasteiger partial charge on any atom is 0.251 e. The Morgan fingerprint density at radius 1 is 1.50 bits per heavy atom. The molecule has 6 heteroatoms. The van der Waals surface area contributed by atoms with Gasteiger partial charge in [-0.3, -0.25) is 4.79 Å². The molecule has 0 unspecified atom stereocenters. The van der Waals surface area contributed by atoms with E-state index in [1.807, 2.05) is 30.5 Å². The molecule has 0 spiro atoms. The molecule has 0 aliphatic carbocycles. The lowest BCUT2D eigenvalue weighted by atomic mass is 10.2. The molecule has 1 aromatic heterocycles. The number of aromatic amines is 1. The Labute approximate surface area is 122 Å². The van der Waals surface area contributed by atoms with Crippen LogP contribution in [0.5, 0.6) is 0 Å². The molecule has 108 valence electrons. The maximum atomic E-state index is 12.0. The molecule has 1 atom stereocenters. The maximum absolute atomic E-state index is 12.0. The van der Waals surface area contributed by atoms with Gasteiger partial charge in [0.2, 0.25) is 0 Å². The minimum absolute atomic E-state index is 0.264. The summed E-state index contributed by atoms with van der Waals surface area (Å²) >= 11 is 1.62. The number of hydrogen-bond donors (Lipinski definition) is 2. The third kappa shape index (κ3) is 3.52. The molecular weight excluding hydrogens is 274 g/mol. The number of H-pyrrole nitrogens is 1. The van der Waals surface area contributed by atoms with Gasteiger partial charge in [-0.05, 0) is 30.6 Å². The smallest absolute Gasteiger partial charge is 0.251 e. The number of aliphatic hydroxyl groups excluding tert-OH is 1. The number of fused-ring (bicyclic) bond motifs is 1. The third-order valence-corrected chi connectivity index (χ3v) is 3.73. The number of hydrogen-bond acceptors (Lipinski definition) is 4. The molecule has 0 saturated heterocycles.